The van der Waals surface area contributed by atoms with Gasteiger partial charge in [0, 0.05) is 6.54 Å². The Morgan fingerprint density at radius 2 is 1.86 bits per heavy atom. The van der Waals surface area contributed by atoms with E-state index in [1.165, 1.54) is 4.90 Å². The van der Waals surface area contributed by atoms with Crippen molar-refractivity contribution in [1.82, 2.24) is 4.90 Å². The second-order valence-electron chi connectivity index (χ2n) is 7.78. The summed E-state index contributed by atoms with van der Waals surface area (Å²) in [6.45, 7) is 0.313. The molecule has 1 N–H and O–H groups in total. The van der Waals surface area contributed by atoms with E-state index in [1.807, 2.05) is 30.3 Å². The molecule has 29 heavy (non-hydrogen) atoms. The first-order chi connectivity index (χ1) is 14.0. The van der Waals surface area contributed by atoms with Crippen LogP contribution in [0.15, 0.2) is 35.3 Å². The maximum absolute atomic E-state index is 12.8. The summed E-state index contributed by atoms with van der Waals surface area (Å²) in [6, 6.07) is 9.28. The van der Waals surface area contributed by atoms with Gasteiger partial charge in [-0.05, 0) is 37.2 Å². The van der Waals surface area contributed by atoms with Crippen molar-refractivity contribution in [2.75, 3.05) is 13.1 Å². The molecule has 1 aliphatic heterocycles. The van der Waals surface area contributed by atoms with Crippen LogP contribution in [0.4, 0.5) is 0 Å². The van der Waals surface area contributed by atoms with Crippen LogP contribution in [0.5, 0.6) is 0 Å². The molecule has 7 heteroatoms. The number of rotatable bonds is 7. The zero-order valence-electron chi connectivity index (χ0n) is 16.6. The monoisotopic (exact) mass is 400 g/mol. The lowest BCUT2D eigenvalue weighted by Crippen LogP contribution is -2.58. The Labute approximate surface area is 170 Å². The quantitative estimate of drug-likeness (QED) is 0.561. The third kappa shape index (κ3) is 4.83. The summed E-state index contributed by atoms with van der Waals surface area (Å²) >= 11 is 0. The van der Waals surface area contributed by atoms with E-state index < -0.39 is 17.5 Å². The van der Waals surface area contributed by atoms with Gasteiger partial charge < -0.3 is 14.7 Å². The van der Waals surface area contributed by atoms with Crippen molar-refractivity contribution in [3.8, 4) is 0 Å². The van der Waals surface area contributed by atoms with Crippen LogP contribution in [-0.2, 0) is 25.7 Å². The van der Waals surface area contributed by atoms with Crippen LogP contribution in [0.2, 0.25) is 0 Å². The van der Waals surface area contributed by atoms with Crippen molar-refractivity contribution in [1.29, 1.82) is 0 Å². The minimum absolute atomic E-state index is 0.0139. The molecule has 1 saturated heterocycles. The highest BCUT2D eigenvalue weighted by molar-refractivity contribution is 6.23. The van der Waals surface area contributed by atoms with Gasteiger partial charge in [0.15, 0.2) is 0 Å². The van der Waals surface area contributed by atoms with Gasteiger partial charge in [-0.2, -0.15) is 0 Å². The Bertz CT molecular complexity index is 758. The minimum Gasteiger partial charge on any atom is -0.479 e. The summed E-state index contributed by atoms with van der Waals surface area (Å²) in [4.78, 5) is 42.2. The molecule has 3 rings (SSSR count). The van der Waals surface area contributed by atoms with E-state index in [4.69, 9.17) is 4.74 Å². The summed E-state index contributed by atoms with van der Waals surface area (Å²) in [6.07, 6.45) is 6.98. The Morgan fingerprint density at radius 3 is 2.55 bits per heavy atom. The molecule has 1 heterocycles. The number of aliphatic carboxylic acids is 1. The summed E-state index contributed by atoms with van der Waals surface area (Å²) in [5, 5.41) is 10.0. The van der Waals surface area contributed by atoms with Gasteiger partial charge in [0.2, 0.25) is 5.91 Å². The lowest BCUT2D eigenvalue weighted by atomic mass is 9.73. The molecule has 1 amide bonds. The van der Waals surface area contributed by atoms with Gasteiger partial charge in [-0.25, -0.2) is 9.59 Å². The highest BCUT2D eigenvalue weighted by atomic mass is 16.5. The Balaban J connectivity index is 1.57. The predicted molar refractivity (Wildman–Crippen MR) is 107 cm³/mol. The first-order valence-corrected chi connectivity index (χ1v) is 10.3. The third-order valence-corrected chi connectivity index (χ3v) is 6.02. The van der Waals surface area contributed by atoms with Crippen LogP contribution in [-0.4, -0.2) is 52.7 Å². The molecule has 1 saturated carbocycles. The number of carbonyl (C=O) groups is 3. The molecule has 7 nitrogen and oxygen atoms in total. The molecule has 2 fully saturated rings. The number of carbonyl (C=O) groups excluding carboxylic acids is 2. The van der Waals surface area contributed by atoms with E-state index in [-0.39, 0.29) is 25.0 Å². The van der Waals surface area contributed by atoms with Gasteiger partial charge in [0.05, 0.1) is 0 Å². The van der Waals surface area contributed by atoms with Gasteiger partial charge in [-0.15, -0.1) is 0 Å². The highest BCUT2D eigenvalue weighted by Crippen LogP contribution is 2.43. The fraction of sp³-hybridized carbons (Fsp3) is 0.545. The molecular weight excluding hydrogens is 372 g/mol. The summed E-state index contributed by atoms with van der Waals surface area (Å²) in [5.41, 5.74) is -0.262. The molecule has 0 bridgehead atoms. The van der Waals surface area contributed by atoms with Gasteiger partial charge in [0.1, 0.15) is 24.9 Å². The number of amides is 1. The Hall–Kier alpha value is -2.70. The van der Waals surface area contributed by atoms with E-state index in [9.17, 15) is 19.5 Å². The molecule has 0 spiro atoms. The van der Waals surface area contributed by atoms with Gasteiger partial charge >= 0.3 is 11.9 Å². The topological polar surface area (TPSA) is 96.3 Å². The zero-order valence-corrected chi connectivity index (χ0v) is 16.6. The number of likely N-dealkylation sites (tertiary alicyclic amines) is 1. The molecule has 1 aromatic rings. The maximum Gasteiger partial charge on any atom is 0.349 e. The first-order valence-electron chi connectivity index (χ1n) is 10.3. The van der Waals surface area contributed by atoms with Crippen LogP contribution < -0.4 is 0 Å². The normalized spacial score (nSPS) is 22.7. The molecule has 0 radical (unpaired) electrons. The summed E-state index contributed by atoms with van der Waals surface area (Å²) in [7, 11) is 0. The van der Waals surface area contributed by atoms with Gasteiger partial charge in [-0.3, -0.25) is 9.79 Å². The third-order valence-electron chi connectivity index (χ3n) is 6.02. The maximum atomic E-state index is 12.8. The molecule has 1 aliphatic carbocycles. The van der Waals surface area contributed by atoms with Crippen LogP contribution in [0.3, 0.4) is 0 Å². The number of esters is 1. The van der Waals surface area contributed by atoms with Gasteiger partial charge in [-0.1, -0.05) is 49.6 Å². The molecule has 1 atom stereocenters. The molecule has 0 aromatic heterocycles. The first kappa shape index (κ1) is 21.0. The number of nitrogens with zero attached hydrogens (tertiary/aromatic N) is 2. The summed E-state index contributed by atoms with van der Waals surface area (Å²) < 4.78 is 5.10. The van der Waals surface area contributed by atoms with Crippen LogP contribution in [0, 0.1) is 5.92 Å². The summed E-state index contributed by atoms with van der Waals surface area (Å²) in [5.74, 6) is -1.90. The van der Waals surface area contributed by atoms with Crippen LogP contribution in [0.25, 0.3) is 0 Å². The molecular formula is C22H28N2O5. The minimum atomic E-state index is -1.12. The standard InChI is InChI=1S/C22H28N2O5/c25-19(14-23-15-20(26)29-16-17-8-3-1-4-9-17)24-13-7-12-22(24,21(27)28)18-10-5-2-6-11-18/h1,3-4,8-9,15,18H,2,5-7,10-14,16H2,(H,27,28)/t22-/m1/s1. The van der Waals surface area contributed by atoms with Crippen LogP contribution >= 0.6 is 0 Å². The number of carboxylic acids is 1. The van der Waals surface area contributed by atoms with E-state index in [0.29, 0.717) is 19.4 Å². The van der Waals surface area contributed by atoms with Crippen molar-refractivity contribution in [3.63, 3.8) is 0 Å². The van der Waals surface area contributed by atoms with Crippen LogP contribution in [0.1, 0.15) is 50.5 Å². The van der Waals surface area contributed by atoms with Crippen molar-refractivity contribution >= 4 is 24.1 Å². The van der Waals surface area contributed by atoms with Gasteiger partial charge in [0.25, 0.3) is 0 Å². The second kappa shape index (κ2) is 9.67. The average molecular weight is 400 g/mol. The SMILES string of the molecule is O=C(C=NCC(=O)N1CCC[C@]1(C(=O)O)C1CCCCC1)OCc1ccccc1. The smallest absolute Gasteiger partial charge is 0.349 e. The lowest BCUT2D eigenvalue weighted by molar-refractivity contribution is -0.161. The Kier molecular flexibility index (Phi) is 7.01. The Morgan fingerprint density at radius 1 is 1.14 bits per heavy atom. The number of aliphatic imine (C=N–C) groups is 1. The van der Waals surface area contributed by atoms with E-state index in [0.717, 1.165) is 43.9 Å². The van der Waals surface area contributed by atoms with E-state index >= 15 is 0 Å². The molecule has 1 aromatic carbocycles. The van der Waals surface area contributed by atoms with E-state index in [2.05, 4.69) is 4.99 Å². The lowest BCUT2D eigenvalue weighted by Gasteiger charge is -2.42. The van der Waals surface area contributed by atoms with Crippen molar-refractivity contribution in [3.05, 3.63) is 35.9 Å². The molecule has 156 valence electrons. The number of benzene rings is 1. The number of carboxylic acid groups (broad SMARTS) is 1. The fourth-order valence-electron chi connectivity index (χ4n) is 4.64. The number of hydrogen-bond donors (Lipinski definition) is 1. The van der Waals surface area contributed by atoms with Crippen molar-refractivity contribution < 1.29 is 24.2 Å². The van der Waals surface area contributed by atoms with E-state index in [1.54, 1.807) is 0 Å². The predicted octanol–water partition coefficient (Wildman–Crippen LogP) is 2.83. The number of ether oxygens (including phenoxy) is 1. The highest BCUT2D eigenvalue weighted by Gasteiger charge is 2.54. The van der Waals surface area contributed by atoms with Crippen molar-refractivity contribution in [2.45, 2.75) is 57.1 Å². The van der Waals surface area contributed by atoms with Crippen molar-refractivity contribution in [2.24, 2.45) is 10.9 Å². The number of hydrogen-bond acceptors (Lipinski definition) is 5. The second-order valence-corrected chi connectivity index (χ2v) is 7.78. The average Bonchev–Trinajstić information content (AvgIpc) is 3.20. The fourth-order valence-corrected chi connectivity index (χ4v) is 4.64. The zero-order chi connectivity index (χ0) is 20.7. The molecule has 0 unspecified atom stereocenters. The largest absolute Gasteiger partial charge is 0.479 e. The molecule has 2 aliphatic rings.